The molecule has 1 heterocycles. The van der Waals surface area contributed by atoms with Crippen molar-refractivity contribution >= 4 is 17.7 Å². The maximum Gasteiger partial charge on any atom is 0.240 e. The highest BCUT2D eigenvalue weighted by molar-refractivity contribution is 6.07. The van der Waals surface area contributed by atoms with Gasteiger partial charge in [-0.15, -0.1) is 0 Å². The maximum absolute atomic E-state index is 12.2. The molecule has 5 heteroatoms. The largest absolute Gasteiger partial charge is 0.350 e. The van der Waals surface area contributed by atoms with Crippen molar-refractivity contribution in [1.29, 1.82) is 0 Å². The van der Waals surface area contributed by atoms with Crippen LogP contribution in [0.2, 0.25) is 0 Å². The standard InChI is InChI=1S/C15H24N2O3/c1-4-15(2,3)16-12(18)9-17-13(19)10-7-5-6-8-11(10)14(17)20/h10-11H,4-9H2,1-3H3,(H,16,18)/t10-,11-/m1/s1. The SMILES string of the molecule is CCC(C)(C)NC(=O)CN1C(=O)[C@@H]2CCCC[C@H]2C1=O. The molecule has 2 rings (SSSR count). The van der Waals surface area contributed by atoms with Crippen molar-refractivity contribution in [1.82, 2.24) is 10.2 Å². The van der Waals surface area contributed by atoms with E-state index in [0.29, 0.717) is 0 Å². The van der Waals surface area contributed by atoms with Crippen molar-refractivity contribution in [2.45, 2.75) is 58.4 Å². The van der Waals surface area contributed by atoms with Crippen LogP contribution in [0.4, 0.5) is 0 Å². The number of nitrogens with one attached hydrogen (secondary N) is 1. The number of nitrogens with zero attached hydrogens (tertiary/aromatic N) is 1. The lowest BCUT2D eigenvalue weighted by atomic mass is 9.81. The van der Waals surface area contributed by atoms with Gasteiger partial charge >= 0.3 is 0 Å². The Morgan fingerprint density at radius 2 is 1.70 bits per heavy atom. The molecule has 0 spiro atoms. The molecular formula is C15H24N2O3. The summed E-state index contributed by atoms with van der Waals surface area (Å²) in [7, 11) is 0. The van der Waals surface area contributed by atoms with Gasteiger partial charge in [-0.3, -0.25) is 19.3 Å². The molecule has 0 aromatic heterocycles. The summed E-state index contributed by atoms with van der Waals surface area (Å²) in [5.74, 6) is -0.906. The third-order valence-electron chi connectivity index (χ3n) is 4.60. The van der Waals surface area contributed by atoms with Crippen LogP contribution in [0.3, 0.4) is 0 Å². The van der Waals surface area contributed by atoms with E-state index >= 15 is 0 Å². The number of carbonyl (C=O) groups excluding carboxylic acids is 3. The van der Waals surface area contributed by atoms with Crippen LogP contribution in [0.1, 0.15) is 52.9 Å². The average Bonchev–Trinajstić information content (AvgIpc) is 2.64. The Morgan fingerprint density at radius 3 is 2.15 bits per heavy atom. The lowest BCUT2D eigenvalue weighted by Crippen LogP contribution is -2.48. The molecule has 112 valence electrons. The Bertz CT molecular complexity index is 407. The molecule has 2 aliphatic rings. The fourth-order valence-corrected chi connectivity index (χ4v) is 3.04. The number of hydrogen-bond donors (Lipinski definition) is 1. The van der Waals surface area contributed by atoms with Gasteiger partial charge in [-0.05, 0) is 33.1 Å². The van der Waals surface area contributed by atoms with Crippen LogP contribution < -0.4 is 5.32 Å². The molecule has 1 N–H and O–H groups in total. The highest BCUT2D eigenvalue weighted by Crippen LogP contribution is 2.37. The molecule has 3 amide bonds. The minimum atomic E-state index is -0.310. The van der Waals surface area contributed by atoms with Crippen molar-refractivity contribution in [2.24, 2.45) is 11.8 Å². The van der Waals surface area contributed by atoms with E-state index in [2.05, 4.69) is 5.32 Å². The Labute approximate surface area is 120 Å². The fraction of sp³-hybridized carbons (Fsp3) is 0.800. The first-order valence-corrected chi connectivity index (χ1v) is 7.52. The zero-order chi connectivity index (χ0) is 14.9. The van der Waals surface area contributed by atoms with Crippen LogP contribution in [0.15, 0.2) is 0 Å². The molecule has 5 nitrogen and oxygen atoms in total. The van der Waals surface area contributed by atoms with E-state index in [1.165, 1.54) is 4.90 Å². The van der Waals surface area contributed by atoms with Gasteiger partial charge in [0, 0.05) is 5.54 Å². The number of imide groups is 1. The first kappa shape index (κ1) is 15.0. The highest BCUT2D eigenvalue weighted by Gasteiger charge is 2.48. The van der Waals surface area contributed by atoms with Crippen molar-refractivity contribution in [2.75, 3.05) is 6.54 Å². The van der Waals surface area contributed by atoms with Crippen molar-refractivity contribution < 1.29 is 14.4 Å². The zero-order valence-corrected chi connectivity index (χ0v) is 12.6. The minimum absolute atomic E-state index is 0.131. The van der Waals surface area contributed by atoms with Crippen molar-refractivity contribution in [3.05, 3.63) is 0 Å². The summed E-state index contributed by atoms with van der Waals surface area (Å²) in [6.45, 7) is 5.71. The van der Waals surface area contributed by atoms with Crippen molar-refractivity contribution in [3.8, 4) is 0 Å². The van der Waals surface area contributed by atoms with E-state index in [-0.39, 0.29) is 41.6 Å². The molecule has 0 aromatic carbocycles. The first-order valence-electron chi connectivity index (χ1n) is 7.52. The summed E-state index contributed by atoms with van der Waals surface area (Å²) in [5.41, 5.74) is -0.310. The van der Waals surface area contributed by atoms with Gasteiger partial charge < -0.3 is 5.32 Å². The van der Waals surface area contributed by atoms with Gasteiger partial charge in [0.25, 0.3) is 0 Å². The second kappa shape index (κ2) is 5.54. The third kappa shape index (κ3) is 2.86. The van der Waals surface area contributed by atoms with E-state index < -0.39 is 0 Å². The normalized spacial score (nSPS) is 26.6. The summed E-state index contributed by atoms with van der Waals surface area (Å²) >= 11 is 0. The van der Waals surface area contributed by atoms with Crippen LogP contribution in [-0.4, -0.2) is 34.7 Å². The van der Waals surface area contributed by atoms with Gasteiger partial charge in [-0.1, -0.05) is 19.8 Å². The topological polar surface area (TPSA) is 66.5 Å². The predicted octanol–water partition coefficient (Wildman–Crippen LogP) is 1.47. The summed E-state index contributed by atoms with van der Waals surface area (Å²) in [6.07, 6.45) is 4.37. The molecule has 2 fully saturated rings. The van der Waals surface area contributed by atoms with Gasteiger partial charge in [0.05, 0.1) is 11.8 Å². The van der Waals surface area contributed by atoms with Crippen LogP contribution in [-0.2, 0) is 14.4 Å². The summed E-state index contributed by atoms with van der Waals surface area (Å²) < 4.78 is 0. The summed E-state index contributed by atoms with van der Waals surface area (Å²) in [5, 5.41) is 2.87. The van der Waals surface area contributed by atoms with Crippen LogP contribution in [0.5, 0.6) is 0 Å². The molecule has 1 saturated carbocycles. The molecule has 0 aromatic rings. The van der Waals surface area contributed by atoms with Gasteiger partial charge in [0.15, 0.2) is 0 Å². The average molecular weight is 280 g/mol. The molecule has 2 atom stereocenters. The smallest absolute Gasteiger partial charge is 0.240 e. The van der Waals surface area contributed by atoms with E-state index in [1.807, 2.05) is 20.8 Å². The lowest BCUT2D eigenvalue weighted by molar-refractivity contribution is -0.144. The predicted molar refractivity (Wildman–Crippen MR) is 74.7 cm³/mol. The number of rotatable bonds is 4. The van der Waals surface area contributed by atoms with Crippen LogP contribution >= 0.6 is 0 Å². The summed E-state index contributed by atoms with van der Waals surface area (Å²) in [6, 6.07) is 0. The van der Waals surface area contributed by atoms with Gasteiger partial charge in [-0.25, -0.2) is 0 Å². The Balaban J connectivity index is 2.01. The van der Waals surface area contributed by atoms with E-state index in [0.717, 1.165) is 32.1 Å². The van der Waals surface area contributed by atoms with E-state index in [1.54, 1.807) is 0 Å². The Kier molecular flexibility index (Phi) is 4.16. The molecule has 0 unspecified atom stereocenters. The van der Waals surface area contributed by atoms with E-state index in [4.69, 9.17) is 0 Å². The number of carbonyl (C=O) groups is 3. The van der Waals surface area contributed by atoms with Gasteiger partial charge in [-0.2, -0.15) is 0 Å². The minimum Gasteiger partial charge on any atom is -0.350 e. The number of likely N-dealkylation sites (tertiary alicyclic amines) is 1. The summed E-state index contributed by atoms with van der Waals surface area (Å²) in [4.78, 5) is 37.7. The number of fused-ring (bicyclic) bond motifs is 1. The molecule has 0 bridgehead atoms. The van der Waals surface area contributed by atoms with Crippen LogP contribution in [0.25, 0.3) is 0 Å². The highest BCUT2D eigenvalue weighted by atomic mass is 16.2. The van der Waals surface area contributed by atoms with E-state index in [9.17, 15) is 14.4 Å². The Hall–Kier alpha value is -1.39. The molecule has 1 aliphatic carbocycles. The molecule has 1 aliphatic heterocycles. The second-order valence-corrected chi connectivity index (χ2v) is 6.55. The number of hydrogen-bond acceptors (Lipinski definition) is 3. The monoisotopic (exact) mass is 280 g/mol. The van der Waals surface area contributed by atoms with Crippen LogP contribution in [0, 0.1) is 11.8 Å². The molecule has 0 radical (unpaired) electrons. The van der Waals surface area contributed by atoms with Crippen molar-refractivity contribution in [3.63, 3.8) is 0 Å². The quantitative estimate of drug-likeness (QED) is 0.793. The Morgan fingerprint density at radius 1 is 1.20 bits per heavy atom. The third-order valence-corrected chi connectivity index (χ3v) is 4.60. The fourth-order valence-electron chi connectivity index (χ4n) is 3.04. The molecular weight excluding hydrogens is 256 g/mol. The lowest BCUT2D eigenvalue weighted by Gasteiger charge is -2.25. The first-order chi connectivity index (χ1) is 9.35. The number of amides is 3. The maximum atomic E-state index is 12.2. The van der Waals surface area contributed by atoms with Gasteiger partial charge in [0.2, 0.25) is 17.7 Å². The van der Waals surface area contributed by atoms with Gasteiger partial charge in [0.1, 0.15) is 6.54 Å². The molecule has 20 heavy (non-hydrogen) atoms. The molecule has 1 saturated heterocycles. The second-order valence-electron chi connectivity index (χ2n) is 6.55. The zero-order valence-electron chi connectivity index (χ0n) is 12.6.